The Bertz CT molecular complexity index is 647. The van der Waals surface area contributed by atoms with Gasteiger partial charge in [-0.05, 0) is 24.1 Å². The molecule has 1 atom stereocenters. The standard InChI is InChI=1S/C16H18ClF3N2O2/c1-9(2)7-22-8-10(5-14(22)23)15(24)21-11-3-4-13(17)12(6-11)16(18,19)20/h3-4,6,9-10H,5,7-8H2,1-2H3,(H,21,24). The first-order valence-electron chi connectivity index (χ1n) is 7.53. The molecular weight excluding hydrogens is 345 g/mol. The Morgan fingerprint density at radius 2 is 2.08 bits per heavy atom. The Hall–Kier alpha value is -1.76. The number of halogens is 4. The Morgan fingerprint density at radius 1 is 1.42 bits per heavy atom. The van der Waals surface area contributed by atoms with Crippen molar-refractivity contribution >= 4 is 29.1 Å². The van der Waals surface area contributed by atoms with Gasteiger partial charge in [0.1, 0.15) is 0 Å². The highest BCUT2D eigenvalue weighted by molar-refractivity contribution is 6.31. The van der Waals surface area contributed by atoms with Crippen molar-refractivity contribution in [3.8, 4) is 0 Å². The molecule has 1 aromatic carbocycles. The molecule has 8 heteroatoms. The van der Waals surface area contributed by atoms with Gasteiger partial charge >= 0.3 is 6.18 Å². The molecule has 1 saturated heterocycles. The largest absolute Gasteiger partial charge is 0.417 e. The molecule has 1 N–H and O–H groups in total. The molecule has 1 aliphatic heterocycles. The first kappa shape index (κ1) is 18.6. The third kappa shape index (κ3) is 4.41. The van der Waals surface area contributed by atoms with E-state index in [-0.39, 0.29) is 30.5 Å². The Kier molecular flexibility index (Phi) is 5.42. The van der Waals surface area contributed by atoms with Gasteiger partial charge in [0.2, 0.25) is 11.8 Å². The topological polar surface area (TPSA) is 49.4 Å². The molecule has 4 nitrogen and oxygen atoms in total. The minimum Gasteiger partial charge on any atom is -0.342 e. The molecule has 0 bridgehead atoms. The van der Waals surface area contributed by atoms with Crippen molar-refractivity contribution in [1.82, 2.24) is 4.90 Å². The second kappa shape index (κ2) is 7.01. The van der Waals surface area contributed by atoms with Crippen LogP contribution in [0.4, 0.5) is 18.9 Å². The zero-order chi connectivity index (χ0) is 18.1. The van der Waals surface area contributed by atoms with Crippen molar-refractivity contribution < 1.29 is 22.8 Å². The lowest BCUT2D eigenvalue weighted by Gasteiger charge is -2.18. The van der Waals surface area contributed by atoms with E-state index in [9.17, 15) is 22.8 Å². The van der Waals surface area contributed by atoms with Crippen LogP contribution in [0.2, 0.25) is 5.02 Å². The lowest BCUT2D eigenvalue weighted by atomic mass is 10.1. The van der Waals surface area contributed by atoms with Gasteiger partial charge in [0.25, 0.3) is 0 Å². The molecule has 0 spiro atoms. The molecule has 1 aliphatic rings. The number of rotatable bonds is 4. The van der Waals surface area contributed by atoms with E-state index < -0.39 is 28.6 Å². The van der Waals surface area contributed by atoms with Crippen LogP contribution in [0.15, 0.2) is 18.2 Å². The first-order chi connectivity index (χ1) is 11.1. The van der Waals surface area contributed by atoms with Crippen LogP contribution in [-0.2, 0) is 15.8 Å². The maximum atomic E-state index is 12.8. The Balaban J connectivity index is 2.07. The van der Waals surface area contributed by atoms with Crippen molar-refractivity contribution in [3.05, 3.63) is 28.8 Å². The summed E-state index contributed by atoms with van der Waals surface area (Å²) >= 11 is 5.55. The van der Waals surface area contributed by atoms with Crippen molar-refractivity contribution in [3.63, 3.8) is 0 Å². The molecular formula is C16H18ClF3N2O2. The lowest BCUT2D eigenvalue weighted by molar-refractivity contribution is -0.137. The first-order valence-corrected chi connectivity index (χ1v) is 7.91. The maximum Gasteiger partial charge on any atom is 0.417 e. The van der Waals surface area contributed by atoms with Crippen LogP contribution in [0.3, 0.4) is 0 Å². The number of amides is 2. The molecule has 0 saturated carbocycles. The number of benzene rings is 1. The monoisotopic (exact) mass is 362 g/mol. The van der Waals surface area contributed by atoms with E-state index >= 15 is 0 Å². The van der Waals surface area contributed by atoms with Gasteiger partial charge in [-0.15, -0.1) is 0 Å². The number of hydrogen-bond donors (Lipinski definition) is 1. The molecule has 1 heterocycles. The number of hydrogen-bond acceptors (Lipinski definition) is 2. The average molecular weight is 363 g/mol. The summed E-state index contributed by atoms with van der Waals surface area (Å²) in [6, 6.07) is 3.19. The summed E-state index contributed by atoms with van der Waals surface area (Å²) in [5, 5.41) is 2.01. The predicted molar refractivity (Wildman–Crippen MR) is 84.6 cm³/mol. The van der Waals surface area contributed by atoms with Gasteiger partial charge < -0.3 is 10.2 Å². The van der Waals surface area contributed by atoms with Gasteiger partial charge in [0, 0.05) is 25.2 Å². The fourth-order valence-electron chi connectivity index (χ4n) is 2.63. The van der Waals surface area contributed by atoms with Crippen LogP contribution < -0.4 is 5.32 Å². The Labute approximate surface area is 143 Å². The van der Waals surface area contributed by atoms with E-state index in [1.54, 1.807) is 4.90 Å². The summed E-state index contributed by atoms with van der Waals surface area (Å²) in [5.74, 6) is -0.872. The van der Waals surface area contributed by atoms with Gasteiger partial charge in [0.05, 0.1) is 16.5 Å². The molecule has 0 aliphatic carbocycles. The minimum atomic E-state index is -4.60. The fraction of sp³-hybridized carbons (Fsp3) is 0.500. The quantitative estimate of drug-likeness (QED) is 0.885. The van der Waals surface area contributed by atoms with Gasteiger partial charge in [-0.1, -0.05) is 25.4 Å². The van der Waals surface area contributed by atoms with Gasteiger partial charge in [-0.3, -0.25) is 9.59 Å². The summed E-state index contributed by atoms with van der Waals surface area (Å²) in [6.07, 6.45) is -4.53. The van der Waals surface area contributed by atoms with Crippen molar-refractivity contribution in [2.24, 2.45) is 11.8 Å². The SMILES string of the molecule is CC(C)CN1CC(C(=O)Nc2ccc(Cl)c(C(F)(F)F)c2)CC1=O. The van der Waals surface area contributed by atoms with Crippen molar-refractivity contribution in [1.29, 1.82) is 0 Å². The van der Waals surface area contributed by atoms with Crippen LogP contribution in [0, 0.1) is 11.8 Å². The van der Waals surface area contributed by atoms with E-state index in [2.05, 4.69) is 5.32 Å². The third-order valence-electron chi connectivity index (χ3n) is 3.71. The summed E-state index contributed by atoms with van der Waals surface area (Å²) in [5.41, 5.74) is -1.00. The number of carbonyl (C=O) groups is 2. The zero-order valence-electron chi connectivity index (χ0n) is 13.3. The van der Waals surface area contributed by atoms with Gasteiger partial charge in [-0.2, -0.15) is 13.2 Å². The molecule has 24 heavy (non-hydrogen) atoms. The highest BCUT2D eigenvalue weighted by atomic mass is 35.5. The predicted octanol–water partition coefficient (Wildman–Crippen LogP) is 3.80. The second-order valence-corrected chi connectivity index (χ2v) is 6.68. The molecule has 1 unspecified atom stereocenters. The summed E-state index contributed by atoms with van der Waals surface area (Å²) in [6.45, 7) is 4.77. The van der Waals surface area contributed by atoms with Gasteiger partial charge in [0.15, 0.2) is 0 Å². The van der Waals surface area contributed by atoms with E-state index in [4.69, 9.17) is 11.6 Å². The Morgan fingerprint density at radius 3 is 2.67 bits per heavy atom. The van der Waals surface area contributed by atoms with Crippen LogP contribution in [0.1, 0.15) is 25.8 Å². The van der Waals surface area contributed by atoms with Crippen LogP contribution in [-0.4, -0.2) is 29.8 Å². The van der Waals surface area contributed by atoms with Crippen LogP contribution >= 0.6 is 11.6 Å². The van der Waals surface area contributed by atoms with E-state index in [0.29, 0.717) is 6.54 Å². The number of anilines is 1. The van der Waals surface area contributed by atoms with E-state index in [1.807, 2.05) is 13.8 Å². The summed E-state index contributed by atoms with van der Waals surface area (Å²) in [4.78, 5) is 25.7. The van der Waals surface area contributed by atoms with E-state index in [1.165, 1.54) is 6.07 Å². The molecule has 0 aromatic heterocycles. The highest BCUT2D eigenvalue weighted by Gasteiger charge is 2.36. The van der Waals surface area contributed by atoms with Crippen molar-refractivity contribution in [2.75, 3.05) is 18.4 Å². The summed E-state index contributed by atoms with van der Waals surface area (Å²) < 4.78 is 38.5. The molecule has 132 valence electrons. The summed E-state index contributed by atoms with van der Waals surface area (Å²) in [7, 11) is 0. The second-order valence-electron chi connectivity index (χ2n) is 6.28. The van der Waals surface area contributed by atoms with Crippen molar-refractivity contribution in [2.45, 2.75) is 26.4 Å². The fourth-order valence-corrected chi connectivity index (χ4v) is 2.85. The average Bonchev–Trinajstić information content (AvgIpc) is 2.80. The van der Waals surface area contributed by atoms with Gasteiger partial charge in [-0.25, -0.2) is 0 Å². The molecule has 2 rings (SSSR count). The smallest absolute Gasteiger partial charge is 0.342 e. The number of alkyl halides is 3. The molecule has 0 radical (unpaired) electrons. The highest BCUT2D eigenvalue weighted by Crippen LogP contribution is 2.36. The van der Waals surface area contributed by atoms with Crippen LogP contribution in [0.25, 0.3) is 0 Å². The van der Waals surface area contributed by atoms with Crippen LogP contribution in [0.5, 0.6) is 0 Å². The zero-order valence-corrected chi connectivity index (χ0v) is 14.0. The number of nitrogens with one attached hydrogen (secondary N) is 1. The minimum absolute atomic E-state index is 0.00600. The number of likely N-dealkylation sites (tertiary alicyclic amines) is 1. The molecule has 2 amide bonds. The molecule has 1 aromatic rings. The lowest BCUT2D eigenvalue weighted by Crippen LogP contribution is -2.31. The van der Waals surface area contributed by atoms with E-state index in [0.717, 1.165) is 12.1 Å². The maximum absolute atomic E-state index is 12.8. The normalized spacial score (nSPS) is 18.4. The number of carbonyl (C=O) groups excluding carboxylic acids is 2. The molecule has 1 fully saturated rings. The number of nitrogens with zero attached hydrogens (tertiary/aromatic N) is 1. The third-order valence-corrected chi connectivity index (χ3v) is 4.04.